The van der Waals surface area contributed by atoms with Crippen molar-refractivity contribution in [3.8, 4) is 17.6 Å². The van der Waals surface area contributed by atoms with E-state index in [4.69, 9.17) is 9.47 Å². The van der Waals surface area contributed by atoms with Gasteiger partial charge in [0.2, 0.25) is 0 Å². The number of carbonyl (C=O) groups is 1. The summed E-state index contributed by atoms with van der Waals surface area (Å²) in [4.78, 5) is 11.5. The van der Waals surface area contributed by atoms with E-state index in [0.29, 0.717) is 22.6 Å². The Morgan fingerprint density at radius 1 is 1.07 bits per heavy atom. The van der Waals surface area contributed by atoms with Crippen molar-refractivity contribution < 1.29 is 19.4 Å². The van der Waals surface area contributed by atoms with Crippen molar-refractivity contribution >= 4 is 16.7 Å². The first-order valence-corrected chi connectivity index (χ1v) is 8.65. The highest BCUT2D eigenvalue weighted by Gasteiger charge is 2.14. The fourth-order valence-electron chi connectivity index (χ4n) is 2.84. The molecule has 0 saturated heterocycles. The number of esters is 1. The van der Waals surface area contributed by atoms with E-state index in [1.807, 2.05) is 24.3 Å². The monoisotopic (exact) mass is 361 g/mol. The maximum atomic E-state index is 11.5. The third-order valence-corrected chi connectivity index (χ3v) is 4.16. The summed E-state index contributed by atoms with van der Waals surface area (Å²) in [6.45, 7) is 2.01. The molecule has 0 spiro atoms. The van der Waals surface area contributed by atoms with Gasteiger partial charge < -0.3 is 14.6 Å². The summed E-state index contributed by atoms with van der Waals surface area (Å²) in [7, 11) is 0. The Labute approximate surface area is 157 Å². The second kappa shape index (κ2) is 8.35. The molecule has 0 bridgehead atoms. The van der Waals surface area contributed by atoms with Crippen LogP contribution in [-0.2, 0) is 9.53 Å². The van der Waals surface area contributed by atoms with Crippen LogP contribution in [-0.4, -0.2) is 17.7 Å². The van der Waals surface area contributed by atoms with Gasteiger partial charge in [-0.05, 0) is 36.8 Å². The minimum atomic E-state index is -0.922. The van der Waals surface area contributed by atoms with E-state index < -0.39 is 12.1 Å². The molecule has 1 unspecified atom stereocenters. The average molecular weight is 361 g/mol. The van der Waals surface area contributed by atoms with Crippen LogP contribution in [0.25, 0.3) is 10.8 Å². The van der Waals surface area contributed by atoms with E-state index in [1.54, 1.807) is 43.3 Å². The molecule has 1 atom stereocenters. The lowest BCUT2D eigenvalue weighted by Crippen LogP contribution is -2.09. The number of benzene rings is 3. The van der Waals surface area contributed by atoms with Gasteiger partial charge in [0, 0.05) is 10.8 Å². The zero-order valence-corrected chi connectivity index (χ0v) is 14.9. The van der Waals surface area contributed by atoms with Crippen molar-refractivity contribution in [3.63, 3.8) is 0 Å². The quantitative estimate of drug-likeness (QED) is 0.654. The van der Waals surface area contributed by atoms with Crippen molar-refractivity contribution in [1.29, 1.82) is 5.26 Å². The lowest BCUT2D eigenvalue weighted by Gasteiger charge is -2.13. The Morgan fingerprint density at radius 3 is 2.44 bits per heavy atom. The van der Waals surface area contributed by atoms with Gasteiger partial charge in [0.05, 0.1) is 30.8 Å². The first-order chi connectivity index (χ1) is 13.1. The molecule has 136 valence electrons. The van der Waals surface area contributed by atoms with Gasteiger partial charge in [-0.2, -0.15) is 5.26 Å². The predicted molar refractivity (Wildman–Crippen MR) is 101 cm³/mol. The lowest BCUT2D eigenvalue weighted by atomic mass is 10.0. The number of nitrogens with zero attached hydrogens (tertiary/aromatic N) is 1. The predicted octanol–water partition coefficient (Wildman–Crippen LogP) is 4.49. The molecule has 0 amide bonds. The highest BCUT2D eigenvalue weighted by atomic mass is 16.5. The summed E-state index contributed by atoms with van der Waals surface area (Å²) in [5.41, 5.74) is 1.20. The fraction of sp³-hybridized carbons (Fsp3) is 0.182. The van der Waals surface area contributed by atoms with Crippen molar-refractivity contribution in [2.75, 3.05) is 6.61 Å². The van der Waals surface area contributed by atoms with E-state index in [1.165, 1.54) is 0 Å². The molecule has 0 heterocycles. The van der Waals surface area contributed by atoms with Gasteiger partial charge in [-0.25, -0.2) is 0 Å². The van der Waals surface area contributed by atoms with Crippen molar-refractivity contribution in [1.82, 2.24) is 0 Å². The number of rotatable bonds is 6. The molecule has 3 aromatic carbocycles. The molecule has 1 N–H and O–H groups in total. The van der Waals surface area contributed by atoms with Crippen LogP contribution >= 0.6 is 0 Å². The van der Waals surface area contributed by atoms with Crippen LogP contribution < -0.4 is 4.74 Å². The molecular weight excluding hydrogens is 342 g/mol. The van der Waals surface area contributed by atoms with Crippen LogP contribution in [0.3, 0.4) is 0 Å². The Hall–Kier alpha value is -3.36. The van der Waals surface area contributed by atoms with E-state index in [9.17, 15) is 15.2 Å². The second-order valence-electron chi connectivity index (χ2n) is 5.96. The zero-order chi connectivity index (χ0) is 19.2. The average Bonchev–Trinajstić information content (AvgIpc) is 2.69. The molecule has 0 saturated carbocycles. The Kier molecular flexibility index (Phi) is 5.70. The summed E-state index contributed by atoms with van der Waals surface area (Å²) >= 11 is 0. The molecule has 3 aromatic rings. The Bertz CT molecular complexity index is 989. The fourth-order valence-corrected chi connectivity index (χ4v) is 2.84. The van der Waals surface area contributed by atoms with Crippen molar-refractivity contribution in [3.05, 3.63) is 71.8 Å². The van der Waals surface area contributed by atoms with Gasteiger partial charge in [0.15, 0.2) is 0 Å². The molecule has 3 rings (SSSR count). The molecule has 27 heavy (non-hydrogen) atoms. The molecule has 0 radical (unpaired) electrons. The molecule has 5 heteroatoms. The van der Waals surface area contributed by atoms with Crippen molar-refractivity contribution in [2.24, 2.45) is 0 Å². The topological polar surface area (TPSA) is 79.6 Å². The molecule has 0 aliphatic rings. The molecule has 0 fully saturated rings. The van der Waals surface area contributed by atoms with Gasteiger partial charge in [0.25, 0.3) is 0 Å². The van der Waals surface area contributed by atoms with Gasteiger partial charge in [-0.15, -0.1) is 0 Å². The minimum absolute atomic E-state index is 0.0890. The molecule has 0 aliphatic heterocycles. The summed E-state index contributed by atoms with van der Waals surface area (Å²) < 4.78 is 10.8. The summed E-state index contributed by atoms with van der Waals surface area (Å²) in [5, 5.41) is 21.1. The van der Waals surface area contributed by atoms with Crippen molar-refractivity contribution in [2.45, 2.75) is 19.4 Å². The first-order valence-electron chi connectivity index (χ1n) is 8.65. The second-order valence-corrected chi connectivity index (χ2v) is 5.96. The van der Waals surface area contributed by atoms with Gasteiger partial charge in [0.1, 0.15) is 11.5 Å². The SMILES string of the molecule is CCOC(=O)CC(O)c1ccc(Oc2ccc(C#N)c3ccccc23)cc1. The van der Waals surface area contributed by atoms with Crippen LogP contribution in [0.4, 0.5) is 0 Å². The van der Waals surface area contributed by atoms with Crippen LogP contribution in [0.2, 0.25) is 0 Å². The molecular formula is C22H19NO4. The first kappa shape index (κ1) is 18.4. The van der Waals surface area contributed by atoms with E-state index >= 15 is 0 Å². The number of ether oxygens (including phenoxy) is 2. The number of aliphatic hydroxyl groups is 1. The number of fused-ring (bicyclic) bond motifs is 1. The maximum Gasteiger partial charge on any atom is 0.308 e. The number of hydrogen-bond acceptors (Lipinski definition) is 5. The van der Waals surface area contributed by atoms with Gasteiger partial charge in [-0.1, -0.05) is 36.4 Å². The Morgan fingerprint density at radius 2 is 1.78 bits per heavy atom. The van der Waals surface area contributed by atoms with Crippen LogP contribution in [0.5, 0.6) is 11.5 Å². The van der Waals surface area contributed by atoms with Gasteiger partial charge in [-0.3, -0.25) is 4.79 Å². The minimum Gasteiger partial charge on any atom is -0.466 e. The smallest absolute Gasteiger partial charge is 0.308 e. The standard InChI is InChI=1S/C22H19NO4/c1-2-26-22(25)13-20(24)15-7-10-17(11-8-15)27-21-12-9-16(14-23)18-5-3-4-6-19(18)21/h3-12,20,24H,2,13H2,1H3. The third-order valence-electron chi connectivity index (χ3n) is 4.16. The number of aliphatic hydroxyl groups excluding tert-OH is 1. The molecule has 0 aliphatic carbocycles. The van der Waals surface area contributed by atoms with Crippen LogP contribution in [0.1, 0.15) is 30.6 Å². The lowest BCUT2D eigenvalue weighted by molar-refractivity contribution is -0.145. The summed E-state index contributed by atoms with van der Waals surface area (Å²) in [5.74, 6) is 0.802. The highest BCUT2D eigenvalue weighted by Crippen LogP contribution is 2.32. The molecule has 5 nitrogen and oxygen atoms in total. The normalized spacial score (nSPS) is 11.6. The van der Waals surface area contributed by atoms with Crippen LogP contribution in [0.15, 0.2) is 60.7 Å². The molecule has 0 aromatic heterocycles. The van der Waals surface area contributed by atoms with E-state index in [2.05, 4.69) is 6.07 Å². The van der Waals surface area contributed by atoms with Gasteiger partial charge >= 0.3 is 5.97 Å². The number of carbonyl (C=O) groups excluding carboxylic acids is 1. The van der Waals surface area contributed by atoms with E-state index in [-0.39, 0.29) is 13.0 Å². The summed E-state index contributed by atoms with van der Waals surface area (Å²) in [6, 6.07) is 20.1. The largest absolute Gasteiger partial charge is 0.466 e. The maximum absolute atomic E-state index is 11.5. The van der Waals surface area contributed by atoms with E-state index in [0.717, 1.165) is 10.8 Å². The highest BCUT2D eigenvalue weighted by molar-refractivity contribution is 5.92. The third kappa shape index (κ3) is 4.25. The number of nitriles is 1. The zero-order valence-electron chi connectivity index (χ0n) is 14.9. The number of hydrogen-bond donors (Lipinski definition) is 1. The van der Waals surface area contributed by atoms with Crippen LogP contribution in [0, 0.1) is 11.3 Å². The Balaban J connectivity index is 1.79. The summed E-state index contributed by atoms with van der Waals surface area (Å²) in [6.07, 6.45) is -1.01.